The zero-order chi connectivity index (χ0) is 21.3. The number of aromatic nitrogens is 2. The second-order valence-electron chi connectivity index (χ2n) is 6.77. The maximum Gasteiger partial charge on any atom is 0.338 e. The van der Waals surface area contributed by atoms with Gasteiger partial charge in [-0.3, -0.25) is 4.57 Å². The van der Waals surface area contributed by atoms with Gasteiger partial charge in [-0.1, -0.05) is 12.1 Å². The van der Waals surface area contributed by atoms with Gasteiger partial charge in [0.1, 0.15) is 0 Å². The third-order valence-corrected chi connectivity index (χ3v) is 6.68. The van der Waals surface area contributed by atoms with Crippen molar-refractivity contribution < 1.29 is 26.7 Å². The first-order valence-corrected chi connectivity index (χ1v) is 10.5. The number of para-hydroxylation sites is 2. The number of carbonyl (C=O) groups excluding carboxylic acids is 1. The summed E-state index contributed by atoms with van der Waals surface area (Å²) in [6.45, 7) is 1.73. The lowest BCUT2D eigenvalue weighted by Crippen LogP contribution is -2.16. The van der Waals surface area contributed by atoms with E-state index < -0.39 is 33.7 Å². The summed E-state index contributed by atoms with van der Waals surface area (Å²) in [5.41, 5.74) is 0.719. The maximum absolute atomic E-state index is 13.6. The number of benzene rings is 2. The van der Waals surface area contributed by atoms with Crippen molar-refractivity contribution in [2.24, 2.45) is 0 Å². The largest absolute Gasteiger partial charge is 0.451 e. The van der Waals surface area contributed by atoms with Crippen LogP contribution in [0.4, 0.5) is 8.78 Å². The van der Waals surface area contributed by atoms with Gasteiger partial charge in [-0.15, -0.1) is 0 Å². The molecule has 0 aliphatic carbocycles. The van der Waals surface area contributed by atoms with Gasteiger partial charge in [0.05, 0.1) is 26.7 Å². The number of carbonyl (C=O) groups is 1. The minimum atomic E-state index is -3.46. The van der Waals surface area contributed by atoms with E-state index in [1.54, 1.807) is 32.0 Å². The monoisotopic (exact) mass is 422 g/mol. The highest BCUT2D eigenvalue weighted by molar-refractivity contribution is 7.92. The molecule has 1 heterocycles. The normalized spacial score (nSPS) is 13.2. The molecule has 29 heavy (non-hydrogen) atoms. The maximum atomic E-state index is 13.6. The molecule has 0 bridgehead atoms. The molecule has 0 spiro atoms. The van der Waals surface area contributed by atoms with Crippen molar-refractivity contribution in [2.75, 3.05) is 0 Å². The molecule has 2 aromatic carbocycles. The molecule has 6 nitrogen and oxygen atoms in total. The van der Waals surface area contributed by atoms with Gasteiger partial charge >= 0.3 is 12.5 Å². The molecule has 0 aliphatic rings. The van der Waals surface area contributed by atoms with Crippen LogP contribution in [0.15, 0.2) is 53.4 Å². The number of halogens is 2. The van der Waals surface area contributed by atoms with Crippen molar-refractivity contribution in [1.29, 1.82) is 0 Å². The number of alkyl halides is 2. The summed E-state index contributed by atoms with van der Waals surface area (Å²) in [6, 6.07) is 11.7. The Bertz CT molecular complexity index is 1140. The van der Waals surface area contributed by atoms with Crippen LogP contribution in [0.3, 0.4) is 0 Å². The highest BCUT2D eigenvalue weighted by Gasteiger charge is 2.25. The molecule has 1 aromatic heterocycles. The summed E-state index contributed by atoms with van der Waals surface area (Å²) in [5, 5.41) is -0.595. The molecule has 0 N–H and O–H groups in total. The number of sulfone groups is 1. The molecule has 0 saturated heterocycles. The molecule has 3 aromatic rings. The van der Waals surface area contributed by atoms with E-state index in [9.17, 15) is 22.0 Å². The molecule has 154 valence electrons. The molecular formula is C20H20F2N2O4S. The Morgan fingerprint density at radius 3 is 2.24 bits per heavy atom. The van der Waals surface area contributed by atoms with Gasteiger partial charge in [-0.2, -0.15) is 8.78 Å². The molecular weight excluding hydrogens is 402 g/mol. The van der Waals surface area contributed by atoms with E-state index in [0.717, 1.165) is 4.57 Å². The van der Waals surface area contributed by atoms with E-state index >= 15 is 0 Å². The minimum absolute atomic E-state index is 0.0754. The summed E-state index contributed by atoms with van der Waals surface area (Å²) in [7, 11) is -3.46. The van der Waals surface area contributed by atoms with E-state index in [4.69, 9.17) is 4.74 Å². The summed E-state index contributed by atoms with van der Waals surface area (Å²) < 4.78 is 57.5. The first-order valence-electron chi connectivity index (χ1n) is 8.93. The zero-order valence-electron chi connectivity index (χ0n) is 16.0. The molecule has 0 amide bonds. The molecule has 0 saturated carbocycles. The van der Waals surface area contributed by atoms with E-state index in [-0.39, 0.29) is 21.8 Å². The summed E-state index contributed by atoms with van der Waals surface area (Å²) in [6.07, 6.45) is -1.04. The van der Waals surface area contributed by atoms with Crippen molar-refractivity contribution in [3.8, 4) is 0 Å². The SMILES string of the molecule is CC(OC(=O)c1ccc(S(=O)(=O)C(C)C)cc1)c1nc2ccccc2n1C(F)F. The minimum Gasteiger partial charge on any atom is -0.451 e. The van der Waals surface area contributed by atoms with Gasteiger partial charge in [-0.25, -0.2) is 18.2 Å². The Labute approximate surface area is 167 Å². The zero-order valence-corrected chi connectivity index (χ0v) is 16.9. The van der Waals surface area contributed by atoms with E-state index in [1.165, 1.54) is 37.3 Å². The van der Waals surface area contributed by atoms with Crippen molar-refractivity contribution in [1.82, 2.24) is 9.55 Å². The van der Waals surface area contributed by atoms with Gasteiger partial charge in [0, 0.05) is 0 Å². The Balaban J connectivity index is 1.85. The fraction of sp³-hybridized carbons (Fsp3) is 0.300. The van der Waals surface area contributed by atoms with Gasteiger partial charge in [0.15, 0.2) is 21.8 Å². The fourth-order valence-electron chi connectivity index (χ4n) is 2.89. The molecule has 0 fully saturated rings. The molecule has 1 unspecified atom stereocenters. The van der Waals surface area contributed by atoms with Crippen LogP contribution in [0, 0.1) is 0 Å². The highest BCUT2D eigenvalue weighted by Crippen LogP contribution is 2.28. The van der Waals surface area contributed by atoms with Crippen LogP contribution in [-0.4, -0.2) is 29.2 Å². The fourth-order valence-corrected chi connectivity index (χ4v) is 3.95. The number of hydrogen-bond donors (Lipinski definition) is 0. The van der Waals surface area contributed by atoms with Crippen molar-refractivity contribution in [3.63, 3.8) is 0 Å². The predicted octanol–water partition coefficient (Wildman–Crippen LogP) is 4.53. The molecule has 1 atom stereocenters. The molecule has 3 rings (SSSR count). The first kappa shape index (κ1) is 20.9. The van der Waals surface area contributed by atoms with Crippen LogP contribution >= 0.6 is 0 Å². The predicted molar refractivity (Wildman–Crippen MR) is 104 cm³/mol. The Hall–Kier alpha value is -2.81. The van der Waals surface area contributed by atoms with Crippen LogP contribution in [0.2, 0.25) is 0 Å². The summed E-state index contributed by atoms with van der Waals surface area (Å²) in [4.78, 5) is 16.7. The van der Waals surface area contributed by atoms with Gasteiger partial charge in [0.2, 0.25) is 0 Å². The average Bonchev–Trinajstić information content (AvgIpc) is 3.08. The lowest BCUT2D eigenvalue weighted by molar-refractivity contribution is 0.0233. The van der Waals surface area contributed by atoms with Crippen LogP contribution in [0.1, 0.15) is 49.6 Å². The molecule has 9 heteroatoms. The number of nitrogens with zero attached hydrogens (tertiary/aromatic N) is 2. The Morgan fingerprint density at radius 1 is 1.03 bits per heavy atom. The number of hydrogen-bond acceptors (Lipinski definition) is 5. The van der Waals surface area contributed by atoms with Crippen LogP contribution in [0.25, 0.3) is 11.0 Å². The van der Waals surface area contributed by atoms with E-state index in [0.29, 0.717) is 5.52 Å². The van der Waals surface area contributed by atoms with Crippen molar-refractivity contribution >= 4 is 26.8 Å². The summed E-state index contributed by atoms with van der Waals surface area (Å²) >= 11 is 0. The second-order valence-corrected chi connectivity index (χ2v) is 9.28. The Morgan fingerprint density at radius 2 is 1.66 bits per heavy atom. The number of esters is 1. The highest BCUT2D eigenvalue weighted by atomic mass is 32.2. The van der Waals surface area contributed by atoms with Crippen molar-refractivity contribution in [2.45, 2.75) is 43.6 Å². The van der Waals surface area contributed by atoms with E-state index in [1.807, 2.05) is 0 Å². The average molecular weight is 422 g/mol. The van der Waals surface area contributed by atoms with Gasteiger partial charge < -0.3 is 4.74 Å². The first-order chi connectivity index (χ1) is 13.6. The van der Waals surface area contributed by atoms with Crippen LogP contribution in [0.5, 0.6) is 0 Å². The smallest absolute Gasteiger partial charge is 0.338 e. The third kappa shape index (κ3) is 4.00. The second kappa shape index (κ2) is 7.90. The number of ether oxygens (including phenoxy) is 1. The third-order valence-electron chi connectivity index (χ3n) is 4.50. The number of rotatable bonds is 6. The lowest BCUT2D eigenvalue weighted by Gasteiger charge is -2.15. The number of fused-ring (bicyclic) bond motifs is 1. The van der Waals surface area contributed by atoms with Crippen molar-refractivity contribution in [3.05, 3.63) is 59.9 Å². The number of imidazole rings is 1. The lowest BCUT2D eigenvalue weighted by atomic mass is 10.2. The summed E-state index contributed by atoms with van der Waals surface area (Å²) in [5.74, 6) is -0.840. The molecule has 0 aliphatic heterocycles. The van der Waals surface area contributed by atoms with E-state index in [2.05, 4.69) is 4.98 Å². The van der Waals surface area contributed by atoms with Gasteiger partial charge in [0.25, 0.3) is 0 Å². The van der Waals surface area contributed by atoms with Gasteiger partial charge in [-0.05, 0) is 57.2 Å². The topological polar surface area (TPSA) is 78.3 Å². The standard InChI is InChI=1S/C20H20F2N2O4S/c1-12(2)29(26,27)15-10-8-14(9-11-15)19(25)28-13(3)18-23-16-6-4-5-7-17(16)24(18)20(21)22/h4-13,20H,1-3H3. The quantitative estimate of drug-likeness (QED) is 0.546. The Kier molecular flexibility index (Phi) is 5.70. The van der Waals surface area contributed by atoms with Crippen LogP contribution in [-0.2, 0) is 14.6 Å². The van der Waals surface area contributed by atoms with Crippen LogP contribution < -0.4 is 0 Å². The molecule has 0 radical (unpaired) electrons.